The zero-order chi connectivity index (χ0) is 26.8. The molecule has 0 unspecified atom stereocenters. The van der Waals surface area contributed by atoms with E-state index < -0.39 is 0 Å². The number of carbonyl (C=O) groups is 1. The van der Waals surface area contributed by atoms with E-state index in [9.17, 15) is 4.79 Å². The summed E-state index contributed by atoms with van der Waals surface area (Å²) >= 11 is 0. The quantitative estimate of drug-likeness (QED) is 0.155. The minimum Gasteiger partial charge on any atom is -0.396 e. The van der Waals surface area contributed by atoms with Gasteiger partial charge in [-0.05, 0) is 37.0 Å². The molecule has 1 fully saturated rings. The number of carbonyl (C=O) groups excluding carboxylic acids is 1. The van der Waals surface area contributed by atoms with Crippen LogP contribution < -0.4 is 27.0 Å². The monoisotopic (exact) mass is 530 g/mol. The highest BCUT2D eigenvalue weighted by atomic mass is 16.5. The molecule has 2 aromatic rings. The van der Waals surface area contributed by atoms with Crippen molar-refractivity contribution in [2.24, 2.45) is 5.73 Å². The van der Waals surface area contributed by atoms with Crippen LogP contribution in [0.25, 0.3) is 0 Å². The first-order valence-corrected chi connectivity index (χ1v) is 13.5. The van der Waals surface area contributed by atoms with Gasteiger partial charge in [-0.15, -0.1) is 0 Å². The van der Waals surface area contributed by atoms with Crippen molar-refractivity contribution in [1.29, 1.82) is 0 Å². The lowest BCUT2D eigenvalue weighted by molar-refractivity contribution is -0.120. The highest BCUT2D eigenvalue weighted by molar-refractivity contribution is 5.78. The zero-order valence-corrected chi connectivity index (χ0v) is 22.1. The van der Waals surface area contributed by atoms with Crippen LogP contribution in [-0.4, -0.2) is 84.7 Å². The maximum Gasteiger partial charge on any atom is 0.233 e. The predicted octanol–water partition coefficient (Wildman–Crippen LogP) is 1.80. The lowest BCUT2D eigenvalue weighted by Gasteiger charge is -2.23. The highest BCUT2D eigenvalue weighted by Crippen LogP contribution is 2.22. The van der Waals surface area contributed by atoms with Crippen LogP contribution in [0.3, 0.4) is 0 Å². The Morgan fingerprint density at radius 3 is 2.37 bits per heavy atom. The van der Waals surface area contributed by atoms with Gasteiger partial charge >= 0.3 is 0 Å². The first kappa shape index (κ1) is 29.5. The second kappa shape index (κ2) is 17.4. The molecule has 1 saturated carbocycles. The predicted molar refractivity (Wildman–Crippen MR) is 148 cm³/mol. The zero-order valence-electron chi connectivity index (χ0n) is 22.1. The molecule has 12 nitrogen and oxygen atoms in total. The summed E-state index contributed by atoms with van der Waals surface area (Å²) in [5, 5.41) is 21.8. The van der Waals surface area contributed by atoms with Crippen LogP contribution in [0.2, 0.25) is 0 Å². The van der Waals surface area contributed by atoms with Crippen LogP contribution in [0.4, 0.5) is 23.5 Å². The number of anilines is 4. The first-order valence-electron chi connectivity index (χ1n) is 13.5. The van der Waals surface area contributed by atoms with Crippen molar-refractivity contribution in [3.63, 3.8) is 0 Å². The van der Waals surface area contributed by atoms with Gasteiger partial charge in [0.05, 0.1) is 32.8 Å². The smallest absolute Gasteiger partial charge is 0.233 e. The van der Waals surface area contributed by atoms with Crippen molar-refractivity contribution >= 4 is 29.4 Å². The van der Waals surface area contributed by atoms with E-state index in [1.807, 2.05) is 24.3 Å². The van der Waals surface area contributed by atoms with Crippen molar-refractivity contribution in [2.75, 3.05) is 68.6 Å². The number of amides is 1. The fraction of sp³-hybridized carbons (Fsp3) is 0.615. The summed E-state index contributed by atoms with van der Waals surface area (Å²) in [7, 11) is 0. The minimum absolute atomic E-state index is 0.0665. The Labute approximate surface area is 224 Å². The number of aliphatic hydroxyl groups is 1. The van der Waals surface area contributed by atoms with Crippen molar-refractivity contribution in [3.8, 4) is 0 Å². The highest BCUT2D eigenvalue weighted by Gasteiger charge is 2.16. The molecule has 1 aromatic carbocycles. The molecule has 0 aliphatic heterocycles. The molecular weight excluding hydrogens is 488 g/mol. The van der Waals surface area contributed by atoms with Gasteiger partial charge in [0.15, 0.2) is 0 Å². The van der Waals surface area contributed by atoms with Gasteiger partial charge in [-0.3, -0.25) is 4.79 Å². The Morgan fingerprint density at radius 1 is 0.921 bits per heavy atom. The molecular formula is C26H42N8O4. The number of hydrogen-bond acceptors (Lipinski definition) is 11. The number of aliphatic hydroxyl groups excluding tert-OH is 1. The molecule has 0 bridgehead atoms. The van der Waals surface area contributed by atoms with E-state index in [0.717, 1.165) is 24.1 Å². The molecule has 12 heteroatoms. The van der Waals surface area contributed by atoms with Gasteiger partial charge < -0.3 is 41.6 Å². The van der Waals surface area contributed by atoms with Crippen LogP contribution >= 0.6 is 0 Å². The molecule has 1 heterocycles. The van der Waals surface area contributed by atoms with Crippen molar-refractivity contribution in [2.45, 2.75) is 51.0 Å². The van der Waals surface area contributed by atoms with Crippen LogP contribution in [0.5, 0.6) is 0 Å². The number of nitrogens with one attached hydrogen (secondary N) is 4. The van der Waals surface area contributed by atoms with Crippen LogP contribution in [0.15, 0.2) is 24.3 Å². The van der Waals surface area contributed by atoms with E-state index >= 15 is 0 Å². The molecule has 7 N–H and O–H groups in total. The van der Waals surface area contributed by atoms with Crippen molar-refractivity contribution < 1.29 is 19.4 Å². The average Bonchev–Trinajstić information content (AvgIpc) is 2.92. The molecule has 0 spiro atoms. The Balaban J connectivity index is 1.49. The molecule has 0 saturated heterocycles. The van der Waals surface area contributed by atoms with Crippen LogP contribution in [0, 0.1) is 0 Å². The standard InChI is InChI=1S/C26H42N8O4/c27-11-15-37-17-18-38-16-13-28-23(36)19-20-7-9-22(10-8-20)31-26-33-24(29-12-4-14-35)32-25(34-26)30-21-5-2-1-3-6-21/h7-10,21,35H,1-6,11-19,27H2,(H,28,36)(H3,29,30,31,32,33,34). The molecule has 210 valence electrons. The molecule has 0 radical (unpaired) electrons. The molecule has 1 aliphatic carbocycles. The lowest BCUT2D eigenvalue weighted by Crippen LogP contribution is -2.29. The van der Waals surface area contributed by atoms with Gasteiger partial charge in [0.2, 0.25) is 23.8 Å². The number of nitrogens with two attached hydrogens (primary N) is 1. The minimum atomic E-state index is -0.0665. The van der Waals surface area contributed by atoms with Crippen LogP contribution in [-0.2, 0) is 20.7 Å². The molecule has 0 atom stereocenters. The summed E-state index contributed by atoms with van der Waals surface area (Å²) in [5.41, 5.74) is 7.05. The van der Waals surface area contributed by atoms with Gasteiger partial charge in [-0.2, -0.15) is 15.0 Å². The third-order valence-corrected chi connectivity index (χ3v) is 5.97. The Hall–Kier alpha value is -3.06. The SMILES string of the molecule is NCCOCCOCCNC(=O)Cc1ccc(Nc2nc(NCCCO)nc(NC3CCCCC3)n2)cc1. The number of ether oxygens (including phenoxy) is 2. The maximum absolute atomic E-state index is 12.2. The number of rotatable bonds is 18. The fourth-order valence-electron chi connectivity index (χ4n) is 4.04. The number of benzene rings is 1. The first-order chi connectivity index (χ1) is 18.7. The third kappa shape index (κ3) is 11.5. The number of nitrogens with zero attached hydrogens (tertiary/aromatic N) is 3. The second-order valence-corrected chi connectivity index (χ2v) is 9.15. The Bertz CT molecular complexity index is 941. The van der Waals surface area contributed by atoms with Gasteiger partial charge in [-0.25, -0.2) is 0 Å². The molecule has 3 rings (SSSR count). The summed E-state index contributed by atoms with van der Waals surface area (Å²) < 4.78 is 10.6. The van der Waals surface area contributed by atoms with E-state index in [4.69, 9.17) is 20.3 Å². The van der Waals surface area contributed by atoms with Gasteiger partial charge in [0.25, 0.3) is 0 Å². The van der Waals surface area contributed by atoms with E-state index in [1.54, 1.807) is 0 Å². The summed E-state index contributed by atoms with van der Waals surface area (Å²) in [6, 6.07) is 7.94. The van der Waals surface area contributed by atoms with E-state index in [2.05, 4.69) is 36.2 Å². The maximum atomic E-state index is 12.2. The molecule has 38 heavy (non-hydrogen) atoms. The molecule has 1 aliphatic rings. The summed E-state index contributed by atoms with van der Waals surface area (Å²) in [6.45, 7) is 3.52. The number of aromatic nitrogens is 3. The molecule has 1 amide bonds. The Kier molecular flexibility index (Phi) is 13.5. The van der Waals surface area contributed by atoms with Gasteiger partial charge in [0, 0.05) is 38.0 Å². The van der Waals surface area contributed by atoms with E-state index in [0.29, 0.717) is 76.4 Å². The van der Waals surface area contributed by atoms with Crippen molar-refractivity contribution in [1.82, 2.24) is 20.3 Å². The second-order valence-electron chi connectivity index (χ2n) is 9.15. The van der Waals surface area contributed by atoms with Gasteiger partial charge in [-0.1, -0.05) is 31.4 Å². The fourth-order valence-corrected chi connectivity index (χ4v) is 4.04. The van der Waals surface area contributed by atoms with Crippen molar-refractivity contribution in [3.05, 3.63) is 29.8 Å². The summed E-state index contributed by atoms with van der Waals surface area (Å²) in [6.07, 6.45) is 6.78. The summed E-state index contributed by atoms with van der Waals surface area (Å²) in [4.78, 5) is 25.8. The topological polar surface area (TPSA) is 169 Å². The van der Waals surface area contributed by atoms with E-state index in [-0.39, 0.29) is 18.9 Å². The summed E-state index contributed by atoms with van der Waals surface area (Å²) in [5.74, 6) is 1.34. The third-order valence-electron chi connectivity index (χ3n) is 5.97. The van der Waals surface area contributed by atoms with E-state index in [1.165, 1.54) is 19.3 Å². The number of hydrogen-bond donors (Lipinski definition) is 6. The largest absolute Gasteiger partial charge is 0.396 e. The Morgan fingerprint density at radius 2 is 1.63 bits per heavy atom. The van der Waals surface area contributed by atoms with Gasteiger partial charge in [0.1, 0.15) is 0 Å². The lowest BCUT2D eigenvalue weighted by atomic mass is 9.96. The van der Waals surface area contributed by atoms with Crippen LogP contribution in [0.1, 0.15) is 44.1 Å². The normalized spacial score (nSPS) is 13.7. The average molecular weight is 531 g/mol. The molecule has 1 aromatic heterocycles.